The highest BCUT2D eigenvalue weighted by Crippen LogP contribution is 2.34. The van der Waals surface area contributed by atoms with Crippen LogP contribution in [-0.2, 0) is 16.1 Å². The molecule has 7 nitrogen and oxygen atoms in total. The fourth-order valence-corrected chi connectivity index (χ4v) is 3.99. The molecule has 1 fully saturated rings. The number of hydrogen-bond acceptors (Lipinski definition) is 5. The highest BCUT2D eigenvalue weighted by atomic mass is 79.9. The molecule has 2 N–H and O–H groups in total. The lowest BCUT2D eigenvalue weighted by Gasteiger charge is -2.25. The van der Waals surface area contributed by atoms with Gasteiger partial charge in [-0.05, 0) is 35.9 Å². The topological polar surface area (TPSA) is 95.9 Å². The van der Waals surface area contributed by atoms with Crippen molar-refractivity contribution in [3.05, 3.63) is 57.6 Å². The molecule has 30 heavy (non-hydrogen) atoms. The standard InChI is InChI=1S/C22H17BrN2O5/c1-30-16-4-2-14-11-25(20(28)17(14)9-16)12-22(10-19(27)24-21(22)29)7-6-13-8-15(23)3-5-18(13)26/h2-5,8-9,26H,10-12H2,1H3,(H,24,27,29)/t22-/m1/s1. The number of carbonyl (C=O) groups excluding carboxylic acids is 3. The summed E-state index contributed by atoms with van der Waals surface area (Å²) in [6.45, 7) is 0.271. The van der Waals surface area contributed by atoms with Crippen LogP contribution in [-0.4, -0.2) is 41.4 Å². The summed E-state index contributed by atoms with van der Waals surface area (Å²) in [5.41, 5.74) is 0.245. The van der Waals surface area contributed by atoms with E-state index in [0.717, 1.165) is 5.56 Å². The third kappa shape index (κ3) is 3.53. The molecule has 2 heterocycles. The van der Waals surface area contributed by atoms with Crippen molar-refractivity contribution in [1.82, 2.24) is 10.2 Å². The second kappa shape index (κ2) is 7.50. The summed E-state index contributed by atoms with van der Waals surface area (Å²) in [6, 6.07) is 10.0. The maximum atomic E-state index is 12.9. The summed E-state index contributed by atoms with van der Waals surface area (Å²) in [7, 11) is 1.52. The average Bonchev–Trinajstić information content (AvgIpc) is 3.18. The predicted octanol–water partition coefficient (Wildman–Crippen LogP) is 2.20. The van der Waals surface area contributed by atoms with Crippen molar-refractivity contribution >= 4 is 33.7 Å². The number of carbonyl (C=O) groups is 3. The molecule has 2 aliphatic heterocycles. The van der Waals surface area contributed by atoms with Crippen LogP contribution in [0.2, 0.25) is 0 Å². The zero-order valence-corrected chi connectivity index (χ0v) is 17.6. The maximum absolute atomic E-state index is 12.9. The minimum Gasteiger partial charge on any atom is -0.507 e. The predicted molar refractivity (Wildman–Crippen MR) is 111 cm³/mol. The Morgan fingerprint density at radius 2 is 2.03 bits per heavy atom. The Bertz CT molecular complexity index is 1150. The van der Waals surface area contributed by atoms with Gasteiger partial charge in [-0.1, -0.05) is 33.8 Å². The van der Waals surface area contributed by atoms with Crippen LogP contribution in [0.3, 0.4) is 0 Å². The summed E-state index contributed by atoms with van der Waals surface area (Å²) < 4.78 is 5.90. The van der Waals surface area contributed by atoms with Crippen molar-refractivity contribution < 1.29 is 24.2 Å². The van der Waals surface area contributed by atoms with E-state index in [-0.39, 0.29) is 24.6 Å². The molecule has 0 saturated carbocycles. The zero-order valence-electron chi connectivity index (χ0n) is 16.0. The molecule has 2 aromatic carbocycles. The molecule has 1 saturated heterocycles. The van der Waals surface area contributed by atoms with Gasteiger partial charge in [0.05, 0.1) is 19.1 Å². The van der Waals surface area contributed by atoms with Gasteiger partial charge in [0.25, 0.3) is 5.91 Å². The van der Waals surface area contributed by atoms with Crippen LogP contribution in [0.25, 0.3) is 0 Å². The van der Waals surface area contributed by atoms with Gasteiger partial charge >= 0.3 is 0 Å². The normalized spacial score (nSPS) is 19.9. The van der Waals surface area contributed by atoms with E-state index in [0.29, 0.717) is 27.9 Å². The SMILES string of the molecule is COc1ccc2c(c1)C(=O)N(C[C@@]1(C#Cc3cc(Br)ccc3O)CC(=O)NC1=O)C2. The van der Waals surface area contributed by atoms with Crippen LogP contribution >= 0.6 is 15.9 Å². The third-order valence-electron chi connectivity index (χ3n) is 5.20. The van der Waals surface area contributed by atoms with Crippen molar-refractivity contribution in [2.75, 3.05) is 13.7 Å². The van der Waals surface area contributed by atoms with Gasteiger partial charge in [0.2, 0.25) is 11.8 Å². The van der Waals surface area contributed by atoms with Gasteiger partial charge in [-0.3, -0.25) is 19.7 Å². The lowest BCUT2D eigenvalue weighted by Crippen LogP contribution is -2.42. The third-order valence-corrected chi connectivity index (χ3v) is 5.69. The van der Waals surface area contributed by atoms with E-state index in [2.05, 4.69) is 33.1 Å². The number of phenols is 1. The van der Waals surface area contributed by atoms with E-state index in [1.54, 1.807) is 24.3 Å². The molecule has 0 spiro atoms. The number of phenolic OH excluding ortho intramolecular Hbond substituents is 1. The summed E-state index contributed by atoms with van der Waals surface area (Å²) in [4.78, 5) is 39.1. The van der Waals surface area contributed by atoms with E-state index in [1.807, 2.05) is 6.07 Å². The second-order valence-electron chi connectivity index (χ2n) is 7.23. The smallest absolute Gasteiger partial charge is 0.254 e. The molecule has 0 radical (unpaired) electrons. The number of benzene rings is 2. The van der Waals surface area contributed by atoms with Crippen LogP contribution in [0.5, 0.6) is 11.5 Å². The van der Waals surface area contributed by atoms with Crippen LogP contribution < -0.4 is 10.1 Å². The van der Waals surface area contributed by atoms with Crippen molar-refractivity contribution in [2.45, 2.75) is 13.0 Å². The van der Waals surface area contributed by atoms with E-state index < -0.39 is 17.2 Å². The highest BCUT2D eigenvalue weighted by Gasteiger charge is 2.48. The van der Waals surface area contributed by atoms with E-state index in [9.17, 15) is 19.5 Å². The van der Waals surface area contributed by atoms with Gasteiger partial charge in [-0.25, -0.2) is 0 Å². The van der Waals surface area contributed by atoms with Gasteiger partial charge in [0.15, 0.2) is 0 Å². The fraction of sp³-hybridized carbons (Fsp3) is 0.227. The van der Waals surface area contributed by atoms with Crippen LogP contribution in [0.15, 0.2) is 40.9 Å². The number of methoxy groups -OCH3 is 1. The minimum absolute atomic E-state index is 0.0395. The van der Waals surface area contributed by atoms with Gasteiger partial charge in [0.1, 0.15) is 16.9 Å². The van der Waals surface area contributed by atoms with E-state index in [4.69, 9.17) is 4.74 Å². The highest BCUT2D eigenvalue weighted by molar-refractivity contribution is 9.10. The molecule has 2 aromatic rings. The molecule has 1 atom stereocenters. The molecule has 4 rings (SSSR count). The Balaban J connectivity index is 1.67. The molecule has 2 aliphatic rings. The summed E-state index contributed by atoms with van der Waals surface area (Å²) >= 11 is 3.32. The number of amides is 3. The molecule has 3 amide bonds. The molecule has 0 bridgehead atoms. The first kappa shape index (κ1) is 20.0. The van der Waals surface area contributed by atoms with Crippen molar-refractivity contribution in [1.29, 1.82) is 0 Å². The van der Waals surface area contributed by atoms with Crippen molar-refractivity contribution in [3.8, 4) is 23.3 Å². The summed E-state index contributed by atoms with van der Waals surface area (Å²) in [5, 5.41) is 12.3. The first-order valence-electron chi connectivity index (χ1n) is 9.13. The average molecular weight is 469 g/mol. The maximum Gasteiger partial charge on any atom is 0.254 e. The van der Waals surface area contributed by atoms with Gasteiger partial charge in [0, 0.05) is 23.1 Å². The second-order valence-corrected chi connectivity index (χ2v) is 8.15. The molecule has 0 unspecified atom stereocenters. The molecule has 8 heteroatoms. The Labute approximate surface area is 181 Å². The number of rotatable bonds is 3. The monoisotopic (exact) mass is 468 g/mol. The number of halogens is 1. The lowest BCUT2D eigenvalue weighted by atomic mass is 9.85. The Hall–Kier alpha value is -3.31. The van der Waals surface area contributed by atoms with Gasteiger partial charge in [-0.2, -0.15) is 0 Å². The van der Waals surface area contributed by atoms with Gasteiger partial charge < -0.3 is 14.7 Å². The van der Waals surface area contributed by atoms with Crippen LogP contribution in [0, 0.1) is 17.3 Å². The number of ether oxygens (including phenoxy) is 1. The Kier molecular flexibility index (Phi) is 5.00. The summed E-state index contributed by atoms with van der Waals surface area (Å²) in [6.07, 6.45) is -0.156. The Morgan fingerprint density at radius 1 is 1.23 bits per heavy atom. The first-order valence-corrected chi connectivity index (χ1v) is 9.93. The molecule has 152 valence electrons. The molecule has 0 aromatic heterocycles. The van der Waals surface area contributed by atoms with Crippen molar-refractivity contribution in [3.63, 3.8) is 0 Å². The van der Waals surface area contributed by atoms with Crippen LogP contribution in [0.1, 0.15) is 27.9 Å². The Morgan fingerprint density at radius 3 is 2.73 bits per heavy atom. The lowest BCUT2D eigenvalue weighted by molar-refractivity contribution is -0.127. The number of nitrogens with zero attached hydrogens (tertiary/aromatic N) is 1. The van der Waals surface area contributed by atoms with Gasteiger partial charge in [-0.15, -0.1) is 0 Å². The summed E-state index contributed by atoms with van der Waals surface area (Å²) in [5.74, 6) is 4.98. The number of hydrogen-bond donors (Lipinski definition) is 2. The van der Waals surface area contributed by atoms with Crippen LogP contribution in [0.4, 0.5) is 0 Å². The molecule has 0 aliphatic carbocycles. The quantitative estimate of drug-likeness (QED) is 0.531. The molecular weight excluding hydrogens is 452 g/mol. The number of imide groups is 1. The van der Waals surface area contributed by atoms with E-state index in [1.165, 1.54) is 18.1 Å². The number of nitrogens with one attached hydrogen (secondary N) is 1. The molecular formula is C22H17BrN2O5. The first-order chi connectivity index (χ1) is 14.3. The fourth-order valence-electron chi connectivity index (χ4n) is 3.63. The zero-order chi connectivity index (χ0) is 21.5. The van der Waals surface area contributed by atoms with Crippen molar-refractivity contribution in [2.24, 2.45) is 5.41 Å². The largest absolute Gasteiger partial charge is 0.507 e. The van der Waals surface area contributed by atoms with E-state index >= 15 is 0 Å². The number of fused-ring (bicyclic) bond motifs is 1. The minimum atomic E-state index is -1.40. The number of aromatic hydroxyl groups is 1.